The molecule has 0 radical (unpaired) electrons. The SMILES string of the molecule is CC(C1CCCC1)n1c(=S)[nH]c2cccnc21. The van der Waals surface area contributed by atoms with Crippen LogP contribution >= 0.6 is 12.2 Å². The van der Waals surface area contributed by atoms with Gasteiger partial charge in [-0.05, 0) is 50.0 Å². The predicted octanol–water partition coefficient (Wildman–Crippen LogP) is 3.85. The first-order valence-corrected chi connectivity index (χ1v) is 6.73. The summed E-state index contributed by atoms with van der Waals surface area (Å²) in [6, 6.07) is 4.43. The van der Waals surface area contributed by atoms with Crippen molar-refractivity contribution in [2.24, 2.45) is 5.92 Å². The number of aromatic amines is 1. The molecule has 90 valence electrons. The number of H-pyrrole nitrogens is 1. The number of nitrogens with zero attached hydrogens (tertiary/aromatic N) is 2. The van der Waals surface area contributed by atoms with Gasteiger partial charge in [-0.1, -0.05) is 12.8 Å². The second-order valence-electron chi connectivity index (χ2n) is 4.96. The fourth-order valence-corrected chi connectivity index (χ4v) is 3.35. The van der Waals surface area contributed by atoms with Crippen molar-refractivity contribution in [3.05, 3.63) is 23.1 Å². The molecule has 1 atom stereocenters. The topological polar surface area (TPSA) is 33.6 Å². The van der Waals surface area contributed by atoms with E-state index in [2.05, 4.69) is 21.5 Å². The Morgan fingerprint density at radius 1 is 1.47 bits per heavy atom. The highest BCUT2D eigenvalue weighted by Crippen LogP contribution is 2.35. The molecule has 0 spiro atoms. The van der Waals surface area contributed by atoms with Crippen LogP contribution in [0.2, 0.25) is 0 Å². The Hall–Kier alpha value is -1.16. The highest BCUT2D eigenvalue weighted by molar-refractivity contribution is 7.71. The molecule has 0 saturated heterocycles. The van der Waals surface area contributed by atoms with Gasteiger partial charge < -0.3 is 4.98 Å². The van der Waals surface area contributed by atoms with Gasteiger partial charge in [0.2, 0.25) is 0 Å². The van der Waals surface area contributed by atoms with Crippen LogP contribution in [0.4, 0.5) is 0 Å². The lowest BCUT2D eigenvalue weighted by Gasteiger charge is -2.20. The Kier molecular flexibility index (Phi) is 2.74. The van der Waals surface area contributed by atoms with Crippen molar-refractivity contribution in [2.75, 3.05) is 0 Å². The standard InChI is InChI=1S/C13H17N3S/c1-9(10-5-2-3-6-10)16-12-11(15-13(16)17)7-4-8-14-12/h4,7-10H,2-3,5-6H2,1H3,(H,15,17). The van der Waals surface area contributed by atoms with Crippen molar-refractivity contribution in [3.63, 3.8) is 0 Å². The second-order valence-corrected chi connectivity index (χ2v) is 5.35. The molecular formula is C13H17N3S. The maximum absolute atomic E-state index is 5.43. The zero-order chi connectivity index (χ0) is 11.8. The molecule has 17 heavy (non-hydrogen) atoms. The molecule has 2 heterocycles. The average Bonchev–Trinajstić information content (AvgIpc) is 2.94. The summed E-state index contributed by atoms with van der Waals surface area (Å²) in [6.45, 7) is 2.27. The highest BCUT2D eigenvalue weighted by atomic mass is 32.1. The molecule has 1 unspecified atom stereocenters. The molecule has 2 aromatic rings. The average molecular weight is 247 g/mol. The largest absolute Gasteiger partial charge is 0.329 e. The molecule has 3 rings (SSSR count). The van der Waals surface area contributed by atoms with Gasteiger partial charge in [0, 0.05) is 12.2 Å². The van der Waals surface area contributed by atoms with Crippen molar-refractivity contribution < 1.29 is 0 Å². The lowest BCUT2D eigenvalue weighted by molar-refractivity contribution is 0.363. The molecule has 1 N–H and O–H groups in total. The number of imidazole rings is 1. The van der Waals surface area contributed by atoms with Gasteiger partial charge in [0.05, 0.1) is 5.52 Å². The molecule has 0 amide bonds. The van der Waals surface area contributed by atoms with Crippen LogP contribution in [0.3, 0.4) is 0 Å². The van der Waals surface area contributed by atoms with E-state index in [0.717, 1.165) is 21.9 Å². The quantitative estimate of drug-likeness (QED) is 0.818. The third-order valence-electron chi connectivity index (χ3n) is 3.96. The van der Waals surface area contributed by atoms with Crippen molar-refractivity contribution in [3.8, 4) is 0 Å². The summed E-state index contributed by atoms with van der Waals surface area (Å²) in [4.78, 5) is 7.71. The summed E-state index contributed by atoms with van der Waals surface area (Å²) >= 11 is 5.43. The van der Waals surface area contributed by atoms with Gasteiger partial charge >= 0.3 is 0 Å². The van der Waals surface area contributed by atoms with Crippen molar-refractivity contribution in [1.82, 2.24) is 14.5 Å². The fraction of sp³-hybridized carbons (Fsp3) is 0.538. The smallest absolute Gasteiger partial charge is 0.179 e. The van der Waals surface area contributed by atoms with Crippen molar-refractivity contribution >= 4 is 23.4 Å². The maximum atomic E-state index is 5.43. The summed E-state index contributed by atoms with van der Waals surface area (Å²) in [6.07, 6.45) is 7.20. The number of rotatable bonds is 2. The first kappa shape index (κ1) is 11.0. The van der Waals surface area contributed by atoms with Gasteiger partial charge in [-0.3, -0.25) is 4.57 Å². The molecule has 3 nitrogen and oxygen atoms in total. The van der Waals surface area contributed by atoms with Crippen LogP contribution < -0.4 is 0 Å². The minimum atomic E-state index is 0.452. The molecular weight excluding hydrogens is 230 g/mol. The van der Waals surface area contributed by atoms with Crippen LogP contribution in [-0.2, 0) is 0 Å². The van der Waals surface area contributed by atoms with E-state index in [4.69, 9.17) is 12.2 Å². The zero-order valence-electron chi connectivity index (χ0n) is 10.0. The minimum Gasteiger partial charge on any atom is -0.329 e. The fourth-order valence-electron chi connectivity index (χ4n) is 2.99. The van der Waals surface area contributed by atoms with Crippen LogP contribution in [-0.4, -0.2) is 14.5 Å². The number of hydrogen-bond donors (Lipinski definition) is 1. The Morgan fingerprint density at radius 3 is 3.00 bits per heavy atom. The summed E-state index contributed by atoms with van der Waals surface area (Å²) in [5, 5.41) is 0. The summed E-state index contributed by atoms with van der Waals surface area (Å²) in [5.74, 6) is 0.753. The van der Waals surface area contributed by atoms with Crippen LogP contribution in [0.5, 0.6) is 0 Å². The van der Waals surface area contributed by atoms with E-state index in [0.29, 0.717) is 6.04 Å². The number of aromatic nitrogens is 3. The Bertz CT molecular complexity index is 578. The molecule has 1 fully saturated rings. The van der Waals surface area contributed by atoms with E-state index in [1.54, 1.807) is 0 Å². The molecule has 1 saturated carbocycles. The molecule has 0 bridgehead atoms. The van der Waals surface area contributed by atoms with E-state index in [9.17, 15) is 0 Å². The van der Waals surface area contributed by atoms with E-state index < -0.39 is 0 Å². The van der Waals surface area contributed by atoms with Crippen LogP contribution in [0.1, 0.15) is 38.6 Å². The molecule has 1 aliphatic rings. The van der Waals surface area contributed by atoms with E-state index >= 15 is 0 Å². The first-order chi connectivity index (χ1) is 8.27. The lowest BCUT2D eigenvalue weighted by atomic mass is 10.00. The van der Waals surface area contributed by atoms with Gasteiger partial charge in [0.25, 0.3) is 0 Å². The predicted molar refractivity (Wildman–Crippen MR) is 71.6 cm³/mol. The van der Waals surface area contributed by atoms with Crippen molar-refractivity contribution in [2.45, 2.75) is 38.6 Å². The molecule has 0 aromatic carbocycles. The highest BCUT2D eigenvalue weighted by Gasteiger charge is 2.24. The van der Waals surface area contributed by atoms with Crippen LogP contribution in [0.25, 0.3) is 11.2 Å². The van der Waals surface area contributed by atoms with E-state index in [-0.39, 0.29) is 0 Å². The zero-order valence-corrected chi connectivity index (χ0v) is 10.8. The third kappa shape index (κ3) is 1.80. The molecule has 2 aromatic heterocycles. The van der Waals surface area contributed by atoms with Gasteiger partial charge in [-0.2, -0.15) is 0 Å². The number of pyridine rings is 1. The molecule has 4 heteroatoms. The molecule has 1 aliphatic carbocycles. The Labute approximate surface area is 106 Å². The van der Waals surface area contributed by atoms with Gasteiger partial charge in [0.1, 0.15) is 0 Å². The number of nitrogens with one attached hydrogen (secondary N) is 1. The van der Waals surface area contributed by atoms with Gasteiger partial charge in [-0.15, -0.1) is 0 Å². The summed E-state index contributed by atoms with van der Waals surface area (Å²) < 4.78 is 3.00. The van der Waals surface area contributed by atoms with Crippen LogP contribution in [0.15, 0.2) is 18.3 Å². The van der Waals surface area contributed by atoms with Crippen molar-refractivity contribution in [1.29, 1.82) is 0 Å². The Balaban J connectivity index is 2.09. The lowest BCUT2D eigenvalue weighted by Crippen LogP contribution is -2.14. The van der Waals surface area contributed by atoms with Gasteiger partial charge in [0.15, 0.2) is 10.4 Å². The third-order valence-corrected chi connectivity index (χ3v) is 4.26. The minimum absolute atomic E-state index is 0.452. The Morgan fingerprint density at radius 2 is 2.24 bits per heavy atom. The normalized spacial score (nSPS) is 18.9. The maximum Gasteiger partial charge on any atom is 0.179 e. The number of fused-ring (bicyclic) bond motifs is 1. The van der Waals surface area contributed by atoms with E-state index in [1.807, 2.05) is 18.3 Å². The summed E-state index contributed by atoms with van der Waals surface area (Å²) in [5.41, 5.74) is 2.04. The number of hydrogen-bond acceptors (Lipinski definition) is 2. The molecule has 0 aliphatic heterocycles. The first-order valence-electron chi connectivity index (χ1n) is 6.32. The second kappa shape index (κ2) is 4.26. The van der Waals surface area contributed by atoms with E-state index in [1.165, 1.54) is 25.7 Å². The monoisotopic (exact) mass is 247 g/mol. The van der Waals surface area contributed by atoms with Crippen LogP contribution in [0, 0.1) is 10.7 Å². The summed E-state index contributed by atoms with van der Waals surface area (Å²) in [7, 11) is 0. The van der Waals surface area contributed by atoms with Gasteiger partial charge in [-0.25, -0.2) is 4.98 Å².